The molecule has 3 aromatic rings. The summed E-state index contributed by atoms with van der Waals surface area (Å²) in [5.41, 5.74) is 1.74. The molecule has 2 atom stereocenters. The molecule has 0 bridgehead atoms. The van der Waals surface area contributed by atoms with Crippen molar-refractivity contribution in [3.05, 3.63) is 77.5 Å². The van der Waals surface area contributed by atoms with Gasteiger partial charge in [-0.1, -0.05) is 41.6 Å². The van der Waals surface area contributed by atoms with E-state index in [-0.39, 0.29) is 11.9 Å². The molecule has 0 saturated heterocycles. The van der Waals surface area contributed by atoms with Crippen LogP contribution < -0.4 is 0 Å². The van der Waals surface area contributed by atoms with Crippen LogP contribution >= 0.6 is 23.4 Å². The lowest BCUT2D eigenvalue weighted by molar-refractivity contribution is -0.132. The summed E-state index contributed by atoms with van der Waals surface area (Å²) in [6.45, 7) is 8.09. The number of halogens is 1. The van der Waals surface area contributed by atoms with Gasteiger partial charge >= 0.3 is 0 Å². The van der Waals surface area contributed by atoms with E-state index in [0.29, 0.717) is 28.9 Å². The maximum Gasteiger partial charge on any atom is 0.256 e. The number of aromatic nitrogens is 3. The number of allylic oxidation sites excluding steroid dienone is 1. The van der Waals surface area contributed by atoms with Gasteiger partial charge in [-0.05, 0) is 43.7 Å². The summed E-state index contributed by atoms with van der Waals surface area (Å²) in [5, 5.41) is 15.5. The number of furan rings is 1. The Balaban J connectivity index is 1.60. The first-order chi connectivity index (χ1) is 15.0. The number of carbonyl (C=O) groups excluding carboxylic acids is 1. The van der Waals surface area contributed by atoms with Gasteiger partial charge in [-0.25, -0.2) is 5.01 Å². The van der Waals surface area contributed by atoms with Gasteiger partial charge in [0.25, 0.3) is 5.91 Å². The minimum absolute atomic E-state index is 0.124. The molecule has 1 amide bonds. The summed E-state index contributed by atoms with van der Waals surface area (Å²) in [5.74, 6) is 1.35. The fraction of sp³-hybridized carbons (Fsp3) is 0.273. The van der Waals surface area contributed by atoms with Crippen molar-refractivity contribution < 1.29 is 9.21 Å². The molecule has 0 fully saturated rings. The van der Waals surface area contributed by atoms with Gasteiger partial charge < -0.3 is 8.98 Å². The highest BCUT2D eigenvalue weighted by Gasteiger charge is 2.37. The molecule has 2 aromatic heterocycles. The largest absolute Gasteiger partial charge is 0.467 e. The highest BCUT2D eigenvalue weighted by Crippen LogP contribution is 2.35. The Kier molecular flexibility index (Phi) is 6.29. The first-order valence-corrected chi connectivity index (χ1v) is 11.1. The smallest absolute Gasteiger partial charge is 0.256 e. The van der Waals surface area contributed by atoms with Crippen LogP contribution in [0.1, 0.15) is 36.5 Å². The molecule has 160 valence electrons. The number of hydrogen-bond acceptors (Lipinski definition) is 6. The Bertz CT molecular complexity index is 1110. The molecule has 1 aliphatic heterocycles. The summed E-state index contributed by atoms with van der Waals surface area (Å²) in [6, 6.07) is 10.8. The zero-order chi connectivity index (χ0) is 22.0. The van der Waals surface area contributed by atoms with Crippen LogP contribution in [-0.4, -0.2) is 36.6 Å². The number of hydrogen-bond donors (Lipinski definition) is 0. The van der Waals surface area contributed by atoms with E-state index in [0.717, 1.165) is 17.1 Å². The molecule has 0 saturated carbocycles. The van der Waals surface area contributed by atoms with Crippen LogP contribution in [0.5, 0.6) is 0 Å². The van der Waals surface area contributed by atoms with Crippen LogP contribution in [-0.2, 0) is 11.3 Å². The van der Waals surface area contributed by atoms with Crippen molar-refractivity contribution in [2.75, 3.05) is 0 Å². The van der Waals surface area contributed by atoms with Crippen LogP contribution in [0.15, 0.2) is 70.0 Å². The molecule has 2 unspecified atom stereocenters. The third-order valence-electron chi connectivity index (χ3n) is 5.03. The standard InChI is InChI=1S/C22H22ClN5O2S/c1-4-11-27-15(3)24-25-22(27)31-14(2)21(29)28-19(20-6-5-12-30-20)13-18(26-28)16-7-9-17(23)10-8-16/h4-10,12,14,19H,1,11,13H2,2-3H3. The van der Waals surface area contributed by atoms with Crippen LogP contribution in [0, 0.1) is 6.92 Å². The molecule has 9 heteroatoms. The number of thioether (sulfide) groups is 1. The fourth-order valence-electron chi connectivity index (χ4n) is 3.42. The SMILES string of the molecule is C=CCn1c(C)nnc1SC(C)C(=O)N1N=C(c2ccc(Cl)cc2)CC1c1ccco1. The third-order valence-corrected chi connectivity index (χ3v) is 6.35. The first-order valence-electron chi connectivity index (χ1n) is 9.85. The number of amides is 1. The van der Waals surface area contributed by atoms with E-state index in [1.54, 1.807) is 12.3 Å². The van der Waals surface area contributed by atoms with Crippen molar-refractivity contribution in [1.82, 2.24) is 19.8 Å². The Hall–Kier alpha value is -2.84. The minimum atomic E-state index is -0.419. The highest BCUT2D eigenvalue weighted by molar-refractivity contribution is 8.00. The topological polar surface area (TPSA) is 76.5 Å². The van der Waals surface area contributed by atoms with Gasteiger partial charge in [0.05, 0.1) is 17.2 Å². The van der Waals surface area contributed by atoms with Gasteiger partial charge in [0, 0.05) is 18.0 Å². The van der Waals surface area contributed by atoms with Crippen molar-refractivity contribution in [3.8, 4) is 0 Å². The Morgan fingerprint density at radius 1 is 1.35 bits per heavy atom. The van der Waals surface area contributed by atoms with Gasteiger partial charge in [0.15, 0.2) is 5.16 Å². The summed E-state index contributed by atoms with van der Waals surface area (Å²) < 4.78 is 7.55. The lowest BCUT2D eigenvalue weighted by atomic mass is 10.0. The number of rotatable bonds is 7. The normalized spacial score (nSPS) is 16.9. The average Bonchev–Trinajstić information content (AvgIpc) is 3.50. The molecular formula is C22H22ClN5O2S. The molecule has 7 nitrogen and oxygen atoms in total. The molecule has 0 N–H and O–H groups in total. The molecule has 0 spiro atoms. The van der Waals surface area contributed by atoms with Crippen molar-refractivity contribution in [3.63, 3.8) is 0 Å². The Morgan fingerprint density at radius 3 is 2.81 bits per heavy atom. The van der Waals surface area contributed by atoms with Crippen LogP contribution in [0.25, 0.3) is 0 Å². The summed E-state index contributed by atoms with van der Waals surface area (Å²) >= 11 is 7.38. The molecule has 0 radical (unpaired) electrons. The van der Waals surface area contributed by atoms with Gasteiger partial charge in [0.1, 0.15) is 17.6 Å². The first kappa shape index (κ1) is 21.4. The third kappa shape index (κ3) is 4.45. The zero-order valence-electron chi connectivity index (χ0n) is 17.2. The van der Waals surface area contributed by atoms with Gasteiger partial charge in [-0.3, -0.25) is 4.79 Å². The predicted molar refractivity (Wildman–Crippen MR) is 121 cm³/mol. The molecule has 1 aliphatic rings. The van der Waals surface area contributed by atoms with Crippen molar-refractivity contribution in [2.45, 2.75) is 43.3 Å². The van der Waals surface area contributed by atoms with Gasteiger partial charge in [0.2, 0.25) is 0 Å². The van der Waals surface area contributed by atoms with E-state index < -0.39 is 5.25 Å². The van der Waals surface area contributed by atoms with Crippen LogP contribution in [0.2, 0.25) is 5.02 Å². The fourth-order valence-corrected chi connectivity index (χ4v) is 4.49. The zero-order valence-corrected chi connectivity index (χ0v) is 18.8. The van der Waals surface area contributed by atoms with Crippen LogP contribution in [0.4, 0.5) is 0 Å². The Morgan fingerprint density at radius 2 is 2.13 bits per heavy atom. The Labute approximate surface area is 189 Å². The predicted octanol–water partition coefficient (Wildman–Crippen LogP) is 4.88. The van der Waals surface area contributed by atoms with Crippen molar-refractivity contribution in [2.24, 2.45) is 5.10 Å². The maximum atomic E-state index is 13.4. The second-order valence-electron chi connectivity index (χ2n) is 7.16. The second kappa shape index (κ2) is 9.11. The van der Waals surface area contributed by atoms with E-state index in [2.05, 4.69) is 21.9 Å². The number of carbonyl (C=O) groups is 1. The summed E-state index contributed by atoms with van der Waals surface area (Å²) in [7, 11) is 0. The molecule has 1 aromatic carbocycles. The van der Waals surface area contributed by atoms with Crippen LogP contribution in [0.3, 0.4) is 0 Å². The monoisotopic (exact) mass is 455 g/mol. The van der Waals surface area contributed by atoms with Crippen molar-refractivity contribution in [1.29, 1.82) is 0 Å². The van der Waals surface area contributed by atoms with E-state index in [4.69, 9.17) is 16.0 Å². The quantitative estimate of drug-likeness (QED) is 0.375. The van der Waals surface area contributed by atoms with E-state index in [1.165, 1.54) is 16.8 Å². The maximum absolute atomic E-state index is 13.4. The number of nitrogens with zero attached hydrogens (tertiary/aromatic N) is 5. The second-order valence-corrected chi connectivity index (χ2v) is 8.91. The molecule has 31 heavy (non-hydrogen) atoms. The van der Waals surface area contributed by atoms with Crippen molar-refractivity contribution >= 4 is 35.0 Å². The number of aryl methyl sites for hydroxylation is 1. The number of hydrazone groups is 1. The van der Waals surface area contributed by atoms with Gasteiger partial charge in [-0.15, -0.1) is 16.8 Å². The average molecular weight is 456 g/mol. The molecule has 3 heterocycles. The van der Waals surface area contributed by atoms with E-state index in [9.17, 15) is 4.79 Å². The molecule has 0 aliphatic carbocycles. The highest BCUT2D eigenvalue weighted by atomic mass is 35.5. The van der Waals surface area contributed by atoms with E-state index >= 15 is 0 Å². The number of benzene rings is 1. The summed E-state index contributed by atoms with van der Waals surface area (Å²) in [4.78, 5) is 13.4. The van der Waals surface area contributed by atoms with E-state index in [1.807, 2.05) is 54.8 Å². The summed E-state index contributed by atoms with van der Waals surface area (Å²) in [6.07, 6.45) is 3.95. The molecular weight excluding hydrogens is 434 g/mol. The lowest BCUT2D eigenvalue weighted by Crippen LogP contribution is -2.33. The minimum Gasteiger partial charge on any atom is -0.467 e. The lowest BCUT2D eigenvalue weighted by Gasteiger charge is -2.22. The molecule has 4 rings (SSSR count). The van der Waals surface area contributed by atoms with Gasteiger partial charge in [-0.2, -0.15) is 5.10 Å².